The maximum absolute atomic E-state index is 13.6. The molecule has 0 aliphatic carbocycles. The summed E-state index contributed by atoms with van der Waals surface area (Å²) in [4.78, 5) is 12.9. The van der Waals surface area contributed by atoms with E-state index in [1.54, 1.807) is 54.6 Å². The van der Waals surface area contributed by atoms with E-state index in [1.165, 1.54) is 38.6 Å². The molecule has 0 unspecified atom stereocenters. The van der Waals surface area contributed by atoms with Crippen molar-refractivity contribution in [2.24, 2.45) is 5.10 Å². The lowest BCUT2D eigenvalue weighted by molar-refractivity contribution is -0.119. The molecule has 11 heteroatoms. The third-order valence-electron chi connectivity index (χ3n) is 6.19. The molecule has 0 aliphatic rings. The van der Waals surface area contributed by atoms with Crippen molar-refractivity contribution in [3.8, 4) is 17.2 Å². The Bertz CT molecular complexity index is 1660. The highest BCUT2D eigenvalue weighted by Crippen LogP contribution is 2.33. The van der Waals surface area contributed by atoms with Gasteiger partial charge in [-0.3, -0.25) is 9.10 Å². The van der Waals surface area contributed by atoms with Gasteiger partial charge in [-0.25, -0.2) is 13.8 Å². The summed E-state index contributed by atoms with van der Waals surface area (Å²) in [6.45, 7) is 1.65. The summed E-state index contributed by atoms with van der Waals surface area (Å²) in [7, 11) is -1.20. The number of hydrazone groups is 1. The van der Waals surface area contributed by atoms with Crippen LogP contribution >= 0.6 is 11.6 Å². The third kappa shape index (κ3) is 7.59. The van der Waals surface area contributed by atoms with Gasteiger partial charge in [0.2, 0.25) is 0 Å². The molecule has 42 heavy (non-hydrogen) atoms. The Morgan fingerprint density at radius 2 is 1.62 bits per heavy atom. The number of halogens is 1. The van der Waals surface area contributed by atoms with Crippen LogP contribution in [-0.2, 0) is 21.4 Å². The van der Waals surface area contributed by atoms with Crippen molar-refractivity contribution in [3.63, 3.8) is 0 Å². The normalized spacial score (nSPS) is 11.2. The fourth-order valence-electron chi connectivity index (χ4n) is 3.90. The van der Waals surface area contributed by atoms with Crippen LogP contribution in [0.1, 0.15) is 16.7 Å². The molecule has 218 valence electrons. The molecule has 0 aliphatic heterocycles. The second-order valence-electron chi connectivity index (χ2n) is 9.11. The summed E-state index contributed by atoms with van der Waals surface area (Å²) in [5.41, 5.74) is 5.10. The van der Waals surface area contributed by atoms with Crippen LogP contribution in [0.25, 0.3) is 0 Å². The Kier molecular flexibility index (Phi) is 10.1. The number of methoxy groups -OCH3 is 2. The van der Waals surface area contributed by atoms with Crippen LogP contribution in [0.5, 0.6) is 17.2 Å². The predicted octanol–water partition coefficient (Wildman–Crippen LogP) is 5.59. The van der Waals surface area contributed by atoms with Gasteiger partial charge in [-0.2, -0.15) is 5.10 Å². The predicted molar refractivity (Wildman–Crippen MR) is 163 cm³/mol. The van der Waals surface area contributed by atoms with E-state index in [0.717, 1.165) is 15.4 Å². The number of sulfonamides is 1. The Hall–Kier alpha value is -4.54. The van der Waals surface area contributed by atoms with Crippen LogP contribution < -0.4 is 23.9 Å². The van der Waals surface area contributed by atoms with E-state index in [-0.39, 0.29) is 10.6 Å². The molecule has 0 heterocycles. The van der Waals surface area contributed by atoms with Gasteiger partial charge in [0, 0.05) is 16.7 Å². The zero-order valence-corrected chi connectivity index (χ0v) is 24.9. The lowest BCUT2D eigenvalue weighted by Gasteiger charge is -2.24. The molecule has 0 fully saturated rings. The van der Waals surface area contributed by atoms with Crippen molar-refractivity contribution in [2.45, 2.75) is 18.4 Å². The van der Waals surface area contributed by atoms with Gasteiger partial charge < -0.3 is 14.2 Å². The molecule has 0 bridgehead atoms. The minimum absolute atomic E-state index is 0.0380. The molecule has 0 saturated heterocycles. The number of anilines is 1. The second-order valence-corrected chi connectivity index (χ2v) is 11.4. The first-order valence-corrected chi connectivity index (χ1v) is 14.6. The van der Waals surface area contributed by atoms with E-state index in [9.17, 15) is 13.2 Å². The lowest BCUT2D eigenvalue weighted by Crippen LogP contribution is -2.39. The molecule has 0 radical (unpaired) electrons. The first-order chi connectivity index (χ1) is 20.2. The highest BCUT2D eigenvalue weighted by molar-refractivity contribution is 7.92. The van der Waals surface area contributed by atoms with Gasteiger partial charge in [-0.15, -0.1) is 0 Å². The highest BCUT2D eigenvalue weighted by Gasteiger charge is 2.28. The van der Waals surface area contributed by atoms with Gasteiger partial charge in [-0.05, 0) is 67.1 Å². The van der Waals surface area contributed by atoms with E-state index in [2.05, 4.69) is 10.5 Å². The maximum Gasteiger partial charge on any atom is 0.264 e. The average Bonchev–Trinajstić information content (AvgIpc) is 3.00. The summed E-state index contributed by atoms with van der Waals surface area (Å²) >= 11 is 6.17. The number of nitrogens with zero attached hydrogens (tertiary/aromatic N) is 2. The first kappa shape index (κ1) is 30.4. The Morgan fingerprint density at radius 3 is 2.29 bits per heavy atom. The van der Waals surface area contributed by atoms with Crippen molar-refractivity contribution < 1.29 is 27.4 Å². The SMILES string of the molecule is COc1ccc(N(CC(=O)N/N=C/c2ccc(OCc3ccccc3Cl)cc2)S(=O)(=O)c2ccc(C)cc2)cc1OC. The van der Waals surface area contributed by atoms with Crippen molar-refractivity contribution in [2.75, 3.05) is 25.1 Å². The number of rotatable bonds is 12. The zero-order valence-electron chi connectivity index (χ0n) is 23.3. The summed E-state index contributed by atoms with van der Waals surface area (Å²) < 4.78 is 44.7. The summed E-state index contributed by atoms with van der Waals surface area (Å²) in [5.74, 6) is 0.736. The molecule has 0 aromatic heterocycles. The van der Waals surface area contributed by atoms with E-state index >= 15 is 0 Å². The van der Waals surface area contributed by atoms with Gasteiger partial charge in [0.1, 0.15) is 18.9 Å². The number of aryl methyl sites for hydroxylation is 1. The summed E-state index contributed by atoms with van der Waals surface area (Å²) in [6, 6.07) is 25.5. The monoisotopic (exact) mass is 607 g/mol. The number of nitrogens with one attached hydrogen (secondary N) is 1. The number of carbonyl (C=O) groups is 1. The van der Waals surface area contributed by atoms with E-state index < -0.39 is 22.5 Å². The Labute approximate surface area is 250 Å². The maximum atomic E-state index is 13.6. The number of amides is 1. The minimum atomic E-state index is -4.12. The molecule has 1 amide bonds. The number of benzene rings is 4. The van der Waals surface area contributed by atoms with E-state index in [1.807, 2.05) is 25.1 Å². The first-order valence-electron chi connectivity index (χ1n) is 12.8. The zero-order chi connectivity index (χ0) is 30.1. The molecular formula is C31H30ClN3O6S. The van der Waals surface area contributed by atoms with Crippen LogP contribution in [0.4, 0.5) is 5.69 Å². The van der Waals surface area contributed by atoms with Crippen molar-refractivity contribution in [1.82, 2.24) is 5.43 Å². The quantitative estimate of drug-likeness (QED) is 0.166. The molecule has 4 rings (SSSR count). The molecule has 0 spiro atoms. The van der Waals surface area contributed by atoms with E-state index in [0.29, 0.717) is 34.4 Å². The number of ether oxygens (including phenoxy) is 3. The van der Waals surface area contributed by atoms with Gasteiger partial charge in [0.15, 0.2) is 11.5 Å². The number of carbonyl (C=O) groups excluding carboxylic acids is 1. The fraction of sp³-hybridized carbons (Fsp3) is 0.161. The van der Waals surface area contributed by atoms with Gasteiger partial charge in [0.05, 0.1) is 31.0 Å². The topological polar surface area (TPSA) is 107 Å². The summed E-state index contributed by atoms with van der Waals surface area (Å²) in [6.07, 6.45) is 1.45. The van der Waals surface area contributed by atoms with Crippen LogP contribution in [-0.4, -0.2) is 41.3 Å². The molecule has 0 atom stereocenters. The molecule has 0 saturated carbocycles. The Morgan fingerprint density at radius 1 is 0.929 bits per heavy atom. The van der Waals surface area contributed by atoms with E-state index in [4.69, 9.17) is 25.8 Å². The van der Waals surface area contributed by atoms with Gasteiger partial charge in [0.25, 0.3) is 15.9 Å². The Balaban J connectivity index is 1.46. The fourth-order valence-corrected chi connectivity index (χ4v) is 5.51. The van der Waals surface area contributed by atoms with Gasteiger partial charge in [-0.1, -0.05) is 47.5 Å². The molecule has 9 nitrogen and oxygen atoms in total. The second kappa shape index (κ2) is 13.9. The van der Waals surface area contributed by atoms with Crippen LogP contribution in [0, 0.1) is 6.92 Å². The molecule has 1 N–H and O–H groups in total. The van der Waals surface area contributed by atoms with Gasteiger partial charge >= 0.3 is 0 Å². The number of hydrogen-bond acceptors (Lipinski definition) is 7. The third-order valence-corrected chi connectivity index (χ3v) is 8.34. The molecular weight excluding hydrogens is 578 g/mol. The van der Waals surface area contributed by atoms with Crippen molar-refractivity contribution in [1.29, 1.82) is 0 Å². The smallest absolute Gasteiger partial charge is 0.264 e. The standard InChI is InChI=1S/C31H30ClN3O6S/c1-22-8-15-27(16-9-22)42(37,38)35(25-12-17-29(39-2)30(18-25)40-3)20-31(36)34-33-19-23-10-13-26(14-11-23)41-21-24-6-4-5-7-28(24)32/h4-19H,20-21H2,1-3H3,(H,34,36)/b33-19+. The van der Waals surface area contributed by atoms with Crippen LogP contribution in [0.15, 0.2) is 101 Å². The van der Waals surface area contributed by atoms with Crippen molar-refractivity contribution >= 4 is 39.4 Å². The molecule has 4 aromatic carbocycles. The van der Waals surface area contributed by atoms with Crippen LogP contribution in [0.3, 0.4) is 0 Å². The van der Waals surface area contributed by atoms with Crippen molar-refractivity contribution in [3.05, 3.63) is 113 Å². The minimum Gasteiger partial charge on any atom is -0.493 e. The largest absolute Gasteiger partial charge is 0.493 e. The summed E-state index contributed by atoms with van der Waals surface area (Å²) in [5, 5.41) is 4.63. The number of hydrogen-bond donors (Lipinski definition) is 1. The molecule has 4 aromatic rings. The average molecular weight is 608 g/mol. The lowest BCUT2D eigenvalue weighted by atomic mass is 10.2. The highest BCUT2D eigenvalue weighted by atomic mass is 35.5. The van der Waals surface area contributed by atoms with Crippen LogP contribution in [0.2, 0.25) is 5.02 Å².